The Balaban J connectivity index is 2.33. The van der Waals surface area contributed by atoms with Crippen molar-refractivity contribution in [2.75, 3.05) is 0 Å². The molecule has 3 nitrogen and oxygen atoms in total. The van der Waals surface area contributed by atoms with E-state index in [9.17, 15) is 4.79 Å². The lowest BCUT2D eigenvalue weighted by Crippen LogP contribution is -2.04. The minimum atomic E-state index is 0.261. The fraction of sp³-hybridized carbons (Fsp3) is 0.462. The maximum Gasteiger partial charge on any atom is 0.138 e. The summed E-state index contributed by atoms with van der Waals surface area (Å²) < 4.78 is 0. The highest BCUT2D eigenvalue weighted by Crippen LogP contribution is 2.26. The molecule has 0 N–H and O–H groups in total. The number of hydrogen-bond donors (Lipinski definition) is 0. The molecular weight excluding hydrogens is 232 g/mol. The van der Waals surface area contributed by atoms with Gasteiger partial charge in [-0.05, 0) is 18.9 Å². The summed E-state index contributed by atoms with van der Waals surface area (Å²) in [5, 5.41) is 1.05. The van der Waals surface area contributed by atoms with Crippen LogP contribution in [0.1, 0.15) is 37.3 Å². The van der Waals surface area contributed by atoms with Gasteiger partial charge in [0.25, 0.3) is 0 Å². The number of fused-ring (bicyclic) bond motifs is 1. The summed E-state index contributed by atoms with van der Waals surface area (Å²) in [5.41, 5.74) is 0.879. The number of Topliss-reactive ketones (excluding diaryl/α,β-unsaturated/α-hetero) is 1. The van der Waals surface area contributed by atoms with Crippen LogP contribution in [0.3, 0.4) is 0 Å². The fourth-order valence-corrected chi connectivity index (χ4v) is 2.78. The molecule has 17 heavy (non-hydrogen) atoms. The molecule has 0 atom stereocenters. The molecule has 0 aromatic carbocycles. The van der Waals surface area contributed by atoms with Crippen LogP contribution >= 0.6 is 11.3 Å². The number of hydrogen-bond acceptors (Lipinski definition) is 4. The van der Waals surface area contributed by atoms with E-state index in [0.29, 0.717) is 12.8 Å². The van der Waals surface area contributed by atoms with E-state index in [0.717, 1.165) is 28.8 Å². The van der Waals surface area contributed by atoms with Gasteiger partial charge in [0, 0.05) is 23.1 Å². The summed E-state index contributed by atoms with van der Waals surface area (Å²) in [6, 6.07) is 2.12. The molecule has 0 amide bonds. The first-order valence-corrected chi connectivity index (χ1v) is 6.80. The molecule has 90 valence electrons. The van der Waals surface area contributed by atoms with Crippen LogP contribution < -0.4 is 0 Å². The summed E-state index contributed by atoms with van der Waals surface area (Å²) >= 11 is 1.69. The Hall–Kier alpha value is -1.29. The first-order chi connectivity index (χ1) is 8.24. The summed E-state index contributed by atoms with van der Waals surface area (Å²) in [5.74, 6) is 0.261. The Morgan fingerprint density at radius 3 is 2.88 bits per heavy atom. The van der Waals surface area contributed by atoms with Gasteiger partial charge in [0.1, 0.15) is 16.9 Å². The van der Waals surface area contributed by atoms with Crippen molar-refractivity contribution in [1.82, 2.24) is 9.97 Å². The number of aryl methyl sites for hydroxylation is 1. The zero-order valence-electron chi connectivity index (χ0n) is 10.2. The van der Waals surface area contributed by atoms with Gasteiger partial charge in [-0.3, -0.25) is 4.79 Å². The zero-order chi connectivity index (χ0) is 12.3. The van der Waals surface area contributed by atoms with E-state index in [1.165, 1.54) is 4.88 Å². The number of ketones is 1. The van der Waals surface area contributed by atoms with E-state index in [2.05, 4.69) is 23.0 Å². The Labute approximate surface area is 105 Å². The van der Waals surface area contributed by atoms with E-state index < -0.39 is 0 Å². The van der Waals surface area contributed by atoms with Crippen molar-refractivity contribution in [2.45, 2.75) is 39.5 Å². The first kappa shape index (κ1) is 12.2. The average Bonchev–Trinajstić information content (AvgIpc) is 2.73. The molecule has 0 aliphatic heterocycles. The van der Waals surface area contributed by atoms with Gasteiger partial charge in [0.05, 0.1) is 5.69 Å². The third-order valence-corrected chi connectivity index (χ3v) is 3.89. The van der Waals surface area contributed by atoms with Crippen LogP contribution in [-0.4, -0.2) is 15.8 Å². The van der Waals surface area contributed by atoms with Crippen molar-refractivity contribution in [1.29, 1.82) is 0 Å². The molecular formula is C13H16N2OS. The maximum atomic E-state index is 11.7. The van der Waals surface area contributed by atoms with Gasteiger partial charge in [0.15, 0.2) is 0 Å². The number of carbonyl (C=O) groups excluding carboxylic acids is 1. The topological polar surface area (TPSA) is 42.9 Å². The predicted molar refractivity (Wildman–Crippen MR) is 70.4 cm³/mol. The Kier molecular flexibility index (Phi) is 3.84. The van der Waals surface area contributed by atoms with Crippen LogP contribution in [-0.2, 0) is 17.6 Å². The predicted octanol–water partition coefficient (Wildman–Crippen LogP) is 3.17. The minimum Gasteiger partial charge on any atom is -0.299 e. The molecule has 0 spiro atoms. The van der Waals surface area contributed by atoms with Crippen LogP contribution in [0.15, 0.2) is 12.4 Å². The highest BCUT2D eigenvalue weighted by atomic mass is 32.1. The van der Waals surface area contributed by atoms with Crippen molar-refractivity contribution in [3.8, 4) is 0 Å². The number of thiophene rings is 1. The number of nitrogens with zero attached hydrogens (tertiary/aromatic N) is 2. The highest BCUT2D eigenvalue weighted by Gasteiger charge is 2.11. The lowest BCUT2D eigenvalue weighted by molar-refractivity contribution is -0.118. The third-order valence-electron chi connectivity index (χ3n) is 2.70. The van der Waals surface area contributed by atoms with Crippen LogP contribution in [0.25, 0.3) is 10.2 Å². The van der Waals surface area contributed by atoms with Crippen molar-refractivity contribution in [3.05, 3.63) is 23.0 Å². The highest BCUT2D eigenvalue weighted by molar-refractivity contribution is 7.18. The van der Waals surface area contributed by atoms with Gasteiger partial charge in [-0.25, -0.2) is 9.97 Å². The second kappa shape index (κ2) is 5.36. The van der Waals surface area contributed by atoms with Crippen LogP contribution in [0, 0.1) is 0 Å². The monoisotopic (exact) mass is 248 g/mol. The number of rotatable bonds is 5. The normalized spacial score (nSPS) is 10.9. The molecule has 0 bridgehead atoms. The molecule has 0 aliphatic rings. The summed E-state index contributed by atoms with van der Waals surface area (Å²) in [6.07, 6.45) is 4.54. The van der Waals surface area contributed by atoms with Gasteiger partial charge < -0.3 is 0 Å². The Morgan fingerprint density at radius 1 is 1.35 bits per heavy atom. The van der Waals surface area contributed by atoms with E-state index in [1.54, 1.807) is 17.7 Å². The Bertz CT molecular complexity index is 533. The molecule has 2 rings (SSSR count). The molecule has 2 aromatic heterocycles. The van der Waals surface area contributed by atoms with Gasteiger partial charge in [-0.2, -0.15) is 0 Å². The van der Waals surface area contributed by atoms with Gasteiger partial charge in [-0.15, -0.1) is 11.3 Å². The minimum absolute atomic E-state index is 0.261. The van der Waals surface area contributed by atoms with Crippen molar-refractivity contribution >= 4 is 27.3 Å². The third kappa shape index (κ3) is 2.69. The molecule has 0 saturated carbocycles. The summed E-state index contributed by atoms with van der Waals surface area (Å²) in [6.45, 7) is 4.15. The molecule has 0 aliphatic carbocycles. The standard InChI is InChI=1S/C13H16N2OS/c1-3-5-9(16)6-12-11-7-10(4-2)17-13(11)15-8-14-12/h7-8H,3-6H2,1-2H3. The summed E-state index contributed by atoms with van der Waals surface area (Å²) in [4.78, 5) is 22.5. The Morgan fingerprint density at radius 2 is 2.18 bits per heavy atom. The summed E-state index contributed by atoms with van der Waals surface area (Å²) in [7, 11) is 0. The second-order valence-corrected chi connectivity index (χ2v) is 5.19. The van der Waals surface area contributed by atoms with Gasteiger partial charge in [0.2, 0.25) is 0 Å². The molecule has 0 unspecified atom stereocenters. The quantitative estimate of drug-likeness (QED) is 0.816. The lowest BCUT2D eigenvalue weighted by Gasteiger charge is -2.00. The largest absolute Gasteiger partial charge is 0.299 e. The molecule has 2 heterocycles. The molecule has 0 radical (unpaired) electrons. The lowest BCUT2D eigenvalue weighted by atomic mass is 10.1. The smallest absolute Gasteiger partial charge is 0.138 e. The van der Waals surface area contributed by atoms with E-state index >= 15 is 0 Å². The van der Waals surface area contributed by atoms with Gasteiger partial charge in [-0.1, -0.05) is 13.8 Å². The van der Waals surface area contributed by atoms with E-state index in [-0.39, 0.29) is 5.78 Å². The van der Waals surface area contributed by atoms with E-state index in [1.807, 2.05) is 6.92 Å². The van der Waals surface area contributed by atoms with Gasteiger partial charge >= 0.3 is 0 Å². The maximum absolute atomic E-state index is 11.7. The van der Waals surface area contributed by atoms with Crippen molar-refractivity contribution < 1.29 is 4.79 Å². The first-order valence-electron chi connectivity index (χ1n) is 5.98. The molecule has 4 heteroatoms. The van der Waals surface area contributed by atoms with Crippen molar-refractivity contribution in [3.63, 3.8) is 0 Å². The fourth-order valence-electron chi connectivity index (χ4n) is 1.82. The van der Waals surface area contributed by atoms with Crippen LogP contribution in [0.4, 0.5) is 0 Å². The zero-order valence-corrected chi connectivity index (χ0v) is 11.0. The second-order valence-electron chi connectivity index (χ2n) is 4.07. The van der Waals surface area contributed by atoms with Crippen molar-refractivity contribution in [2.24, 2.45) is 0 Å². The average molecular weight is 248 g/mol. The SMILES string of the molecule is CCCC(=O)Cc1ncnc2sc(CC)cc12. The molecule has 0 fully saturated rings. The van der Waals surface area contributed by atoms with Crippen LogP contribution in [0.5, 0.6) is 0 Å². The number of carbonyl (C=O) groups is 1. The molecule has 2 aromatic rings. The van der Waals surface area contributed by atoms with E-state index in [4.69, 9.17) is 0 Å². The molecule has 0 saturated heterocycles. The van der Waals surface area contributed by atoms with Crippen LogP contribution in [0.2, 0.25) is 0 Å². The number of aromatic nitrogens is 2.